The van der Waals surface area contributed by atoms with E-state index >= 15 is 0 Å². The molecule has 0 fully saturated rings. The van der Waals surface area contributed by atoms with Gasteiger partial charge in [-0.2, -0.15) is 0 Å². The number of pyridine rings is 2. The van der Waals surface area contributed by atoms with E-state index in [1.807, 2.05) is 102 Å². The van der Waals surface area contributed by atoms with Crippen molar-refractivity contribution in [2.24, 2.45) is 9.86 Å². The van der Waals surface area contributed by atoms with Crippen molar-refractivity contribution in [1.29, 1.82) is 0 Å². The summed E-state index contributed by atoms with van der Waals surface area (Å²) in [5, 5.41) is 18.5. The molecule has 6 N–H and O–H groups in total. The average molecular weight is 1590 g/mol. The van der Waals surface area contributed by atoms with Gasteiger partial charge in [-0.1, -0.05) is 211 Å². The molecular formula is C85H78N10O10P2S4. The minimum atomic E-state index is -2.31. The fourth-order valence-electron chi connectivity index (χ4n) is 10.6. The van der Waals surface area contributed by atoms with Gasteiger partial charge in [0, 0.05) is 20.8 Å². The molecule has 15 rings (SSSR count). The van der Waals surface area contributed by atoms with Gasteiger partial charge in [0.25, 0.3) is 5.56 Å². The maximum absolute atomic E-state index is 12.1. The molecule has 0 atom stereocenters. The number of thiophene rings is 4. The summed E-state index contributed by atoms with van der Waals surface area (Å²) in [6.45, 7) is 8.38. The predicted octanol–water partition coefficient (Wildman–Crippen LogP) is 18.7. The van der Waals surface area contributed by atoms with Crippen LogP contribution in [-0.2, 0) is 23.8 Å². The van der Waals surface area contributed by atoms with Crippen LogP contribution in [0.2, 0.25) is 0 Å². The highest BCUT2D eigenvalue weighted by Gasteiger charge is 2.28. The van der Waals surface area contributed by atoms with Crippen molar-refractivity contribution < 1.29 is 42.9 Å². The molecule has 0 amide bonds. The summed E-state index contributed by atoms with van der Waals surface area (Å²) in [5.41, 5.74) is 25.6. The van der Waals surface area contributed by atoms with Gasteiger partial charge in [-0.25, -0.2) is 14.8 Å². The van der Waals surface area contributed by atoms with Gasteiger partial charge < -0.3 is 40.4 Å². The van der Waals surface area contributed by atoms with Crippen LogP contribution in [0.4, 0.5) is 22.7 Å². The molecule has 111 heavy (non-hydrogen) atoms. The predicted molar refractivity (Wildman–Crippen MR) is 458 cm³/mol. The Morgan fingerprint density at radius 2 is 0.946 bits per heavy atom. The fraction of sp³-hybridized carbons (Fsp3) is 0.106. The van der Waals surface area contributed by atoms with Crippen LogP contribution in [-0.4, -0.2) is 76.8 Å². The molecule has 8 aromatic carbocycles. The molecule has 0 aliphatic carbocycles. The summed E-state index contributed by atoms with van der Waals surface area (Å²) in [4.78, 5) is 85.4. The van der Waals surface area contributed by atoms with Crippen LogP contribution < -0.4 is 53.6 Å². The summed E-state index contributed by atoms with van der Waals surface area (Å²) in [6.07, 6.45) is 1.29. The smallest absolute Gasteiger partial charge is 0.343 e. The Bertz CT molecular complexity index is 5360. The normalized spacial score (nSPS) is 10.4. The molecule has 562 valence electrons. The number of carbonyl (C=O) groups excluding carboxylic acids is 5. The van der Waals surface area contributed by atoms with Crippen LogP contribution in [0, 0.1) is 0 Å². The zero-order valence-electron chi connectivity index (χ0n) is 60.9. The summed E-state index contributed by atoms with van der Waals surface area (Å²) < 4.78 is 26.7. The number of azide groups is 1. The Kier molecular flexibility index (Phi) is 32.6. The number of fused-ring (bicyclic) bond motifs is 3. The molecule has 0 aliphatic rings. The molecular weight excluding hydrogens is 1510 g/mol. The fourth-order valence-corrected chi connectivity index (χ4v) is 19.4. The van der Waals surface area contributed by atoms with Crippen LogP contribution in [0.3, 0.4) is 0 Å². The molecule has 0 unspecified atom stereocenters. The van der Waals surface area contributed by atoms with Crippen molar-refractivity contribution in [3.05, 3.63) is 325 Å². The first-order valence-electron chi connectivity index (χ1n) is 34.8. The number of nitrogens with two attached hydrogens (primary N) is 2. The number of aromatic nitrogens is 4. The second kappa shape index (κ2) is 43.7. The maximum atomic E-state index is 12.1. The third kappa shape index (κ3) is 23.4. The first kappa shape index (κ1) is 82.8. The SMILES string of the molecule is CCOC(=O)CC(=O)OCC.CCOC(=O)c1cc2sccc2nc1OCC.Nc1ccccc1N.O=Cc1sccc1N=P(c1ccccc1)(c1ccccc1)c1ccccc1.O=c1[nH]c2ccsc2cc1-c1nc2ccccc2[nH]1.[N-]=[N+]=Nc1ccsc1C=O.c1ccc(P(c2ccccc2)c2ccccc2)cc1. The number of hydrogen-bond donors (Lipinski definition) is 4. The minimum Gasteiger partial charge on any atom is -0.477 e. The first-order valence-corrected chi connectivity index (χ1v) is 41.4. The summed E-state index contributed by atoms with van der Waals surface area (Å²) in [5.74, 6) is -0.509. The Morgan fingerprint density at radius 1 is 0.495 bits per heavy atom. The second-order valence-electron chi connectivity index (χ2n) is 22.9. The number of esters is 3. The summed E-state index contributed by atoms with van der Waals surface area (Å²) >= 11 is 5.83. The van der Waals surface area contributed by atoms with Gasteiger partial charge in [0.05, 0.1) is 103 Å². The van der Waals surface area contributed by atoms with Gasteiger partial charge in [0.15, 0.2) is 12.6 Å². The van der Waals surface area contributed by atoms with E-state index in [1.54, 1.807) is 61.8 Å². The highest BCUT2D eigenvalue weighted by Crippen LogP contribution is 2.50. The number of ether oxygens (including phenoxy) is 4. The molecule has 7 aromatic heterocycles. The van der Waals surface area contributed by atoms with Gasteiger partial charge >= 0.3 is 17.9 Å². The number of hydrogen-bond acceptors (Lipinski definition) is 20. The van der Waals surface area contributed by atoms with E-state index in [1.165, 1.54) is 65.8 Å². The van der Waals surface area contributed by atoms with Crippen molar-refractivity contribution in [2.45, 2.75) is 34.1 Å². The summed E-state index contributed by atoms with van der Waals surface area (Å²) in [7, 11) is -2.76. The van der Waals surface area contributed by atoms with Crippen LogP contribution in [0.1, 0.15) is 63.8 Å². The lowest BCUT2D eigenvalue weighted by Gasteiger charge is -2.26. The molecule has 15 aromatic rings. The minimum absolute atomic E-state index is 0.120. The molecule has 0 radical (unpaired) electrons. The Labute approximate surface area is 658 Å². The Morgan fingerprint density at radius 3 is 1.42 bits per heavy atom. The van der Waals surface area contributed by atoms with Crippen LogP contribution in [0.15, 0.2) is 303 Å². The van der Waals surface area contributed by atoms with Gasteiger partial charge in [-0.15, -0.1) is 45.3 Å². The third-order valence-electron chi connectivity index (χ3n) is 15.6. The molecule has 26 heteroatoms. The highest BCUT2D eigenvalue weighted by atomic mass is 32.1. The number of rotatable bonds is 19. The van der Waals surface area contributed by atoms with Crippen LogP contribution >= 0.6 is 60.3 Å². The number of carbonyl (C=O) groups is 5. The molecule has 0 bridgehead atoms. The van der Waals surface area contributed by atoms with Gasteiger partial charge in [0.2, 0.25) is 5.88 Å². The van der Waals surface area contributed by atoms with Gasteiger partial charge in [0.1, 0.15) is 17.8 Å². The van der Waals surface area contributed by atoms with E-state index in [0.29, 0.717) is 69.1 Å². The number of benzene rings is 8. The van der Waals surface area contributed by atoms with Crippen molar-refractivity contribution in [3.63, 3.8) is 0 Å². The number of nitrogens with one attached hydrogen (secondary N) is 2. The highest BCUT2D eigenvalue weighted by molar-refractivity contribution is 7.87. The largest absolute Gasteiger partial charge is 0.477 e. The molecule has 0 spiro atoms. The standard InChI is InChI=1S/C23H18NOPS.C18H15P.C14H9N3OS.C12H13NO3S.C7H12O4.C6H8N2.C5H3N3OS/c25-18-23-22(16-17-27-23)24-26(19-10-4-1-5-11-19,20-12-6-2-7-13-20)21-14-8-3-9-15-21;1-4-10-16(11-5-1)19(17-12-6-2-7-13-17)18-14-8-3-9-15-18;18-14-8(7-12-11(17-14)5-6-19-12)13-15-9-3-1-2-4-10(9)16-13;1-3-15-11-8(12(14)16-4-2)7-10-9(13-11)5-6-17-10;1-3-10-6(8)5-7(9)11-4-2;7-5-3-1-2-4-6(5)8;6-8-7-4-1-2-10-5(4)3-9/h1-18H;1-15H;1-7H,(H,15,16)(H,17,18);5-7H,3-4H2,1-2H3;3-5H2,1-2H3;1-4H,7-8H2;1-3H. The number of aromatic amines is 2. The van der Waals surface area contributed by atoms with E-state index in [9.17, 15) is 28.8 Å². The van der Waals surface area contributed by atoms with Crippen molar-refractivity contribution in [2.75, 3.05) is 37.9 Å². The van der Waals surface area contributed by atoms with E-state index in [2.05, 4.69) is 203 Å². The Balaban J connectivity index is 0.000000154. The molecule has 20 nitrogen and oxygen atoms in total. The molecule has 0 saturated carbocycles. The lowest BCUT2D eigenvalue weighted by atomic mass is 10.2. The second-order valence-corrected chi connectivity index (χ2v) is 31.9. The number of para-hydroxylation sites is 4. The lowest BCUT2D eigenvalue weighted by molar-refractivity contribution is -0.153. The average Bonchev–Trinajstić information content (AvgIpc) is 1.46. The zero-order valence-corrected chi connectivity index (χ0v) is 65.9. The van der Waals surface area contributed by atoms with Gasteiger partial charge in [-0.05, 0) is 139 Å². The Hall–Kier alpha value is -12.2. The van der Waals surface area contributed by atoms with E-state index in [4.69, 9.17) is 31.2 Å². The van der Waals surface area contributed by atoms with Crippen molar-refractivity contribution in [3.8, 4) is 17.3 Å². The quantitative estimate of drug-likeness (QED) is 0.00673. The van der Waals surface area contributed by atoms with E-state index < -0.39 is 32.9 Å². The maximum Gasteiger partial charge on any atom is 0.343 e. The van der Waals surface area contributed by atoms with Gasteiger partial charge in [-0.3, -0.25) is 28.7 Å². The lowest BCUT2D eigenvalue weighted by Crippen LogP contribution is -2.25. The topological polar surface area (TPSA) is 310 Å². The number of imidazole rings is 1. The number of nitrogens with zero attached hydrogens (tertiary/aromatic N) is 6. The first-order chi connectivity index (χ1) is 54.2. The molecule has 0 saturated heterocycles. The van der Waals surface area contributed by atoms with Crippen LogP contribution in [0.25, 0.3) is 53.3 Å². The zero-order chi connectivity index (χ0) is 78.6. The van der Waals surface area contributed by atoms with Crippen molar-refractivity contribution >= 4 is 177 Å². The molecule has 0 aliphatic heterocycles. The number of aldehydes is 2. The van der Waals surface area contributed by atoms with E-state index in [-0.39, 0.29) is 25.2 Å². The van der Waals surface area contributed by atoms with Crippen molar-refractivity contribution in [1.82, 2.24) is 19.9 Å². The number of anilines is 2. The number of nitrogen functional groups attached to an aromatic ring is 2. The van der Waals surface area contributed by atoms with Crippen LogP contribution in [0.5, 0.6) is 5.88 Å². The number of H-pyrrole nitrogens is 2. The monoisotopic (exact) mass is 1590 g/mol. The molecule has 7 heterocycles. The van der Waals surface area contributed by atoms with E-state index in [0.717, 1.165) is 43.4 Å². The summed E-state index contributed by atoms with van der Waals surface area (Å²) in [6, 6.07) is 89.6. The third-order valence-corrected chi connectivity index (χ3v) is 25.1.